The van der Waals surface area contributed by atoms with E-state index < -0.39 is 18.0 Å². The van der Waals surface area contributed by atoms with Gasteiger partial charge in [0.1, 0.15) is 18.2 Å². The molecule has 146 valence electrons. The van der Waals surface area contributed by atoms with E-state index in [2.05, 4.69) is 15.3 Å². The van der Waals surface area contributed by atoms with Gasteiger partial charge in [0.05, 0.1) is 21.8 Å². The molecule has 1 aromatic carbocycles. The summed E-state index contributed by atoms with van der Waals surface area (Å²) in [5, 5.41) is 3.05. The number of pyridine rings is 1. The lowest BCUT2D eigenvalue weighted by atomic mass is 10.3. The molecule has 0 aliphatic heterocycles. The molecule has 1 N–H and O–H groups in total. The third-order valence-electron chi connectivity index (χ3n) is 3.95. The number of nitrogens with zero attached hydrogens (tertiary/aromatic N) is 3. The molecule has 2 aromatic heterocycles. The number of esters is 1. The van der Waals surface area contributed by atoms with Crippen molar-refractivity contribution in [3.05, 3.63) is 53.4 Å². The molecule has 0 fully saturated rings. The van der Waals surface area contributed by atoms with Crippen molar-refractivity contribution in [2.45, 2.75) is 25.3 Å². The Hall–Kier alpha value is -2.58. The van der Waals surface area contributed by atoms with Gasteiger partial charge in [-0.15, -0.1) is 0 Å². The van der Waals surface area contributed by atoms with Crippen molar-refractivity contribution < 1.29 is 14.3 Å². The molecule has 1 atom stereocenters. The maximum atomic E-state index is 12.4. The quantitative estimate of drug-likeness (QED) is 0.591. The Balaban J connectivity index is 1.66. The van der Waals surface area contributed by atoms with Crippen molar-refractivity contribution in [3.63, 3.8) is 0 Å². The third-order valence-corrected chi connectivity index (χ3v) is 4.72. The van der Waals surface area contributed by atoms with E-state index >= 15 is 0 Å². The summed E-state index contributed by atoms with van der Waals surface area (Å²) < 4.78 is 7.12. The number of ether oxygens (including phenoxy) is 1. The van der Waals surface area contributed by atoms with Gasteiger partial charge in [-0.2, -0.15) is 11.8 Å². The van der Waals surface area contributed by atoms with Gasteiger partial charge in [-0.25, -0.2) is 9.97 Å². The lowest BCUT2D eigenvalue weighted by Gasteiger charge is -2.14. The van der Waals surface area contributed by atoms with Crippen LogP contribution in [0.3, 0.4) is 0 Å². The number of fused-ring (bicyclic) bond motifs is 1. The van der Waals surface area contributed by atoms with Crippen LogP contribution in [0.4, 0.5) is 5.82 Å². The van der Waals surface area contributed by atoms with Crippen LogP contribution >= 0.6 is 23.4 Å². The van der Waals surface area contributed by atoms with Crippen LogP contribution in [-0.2, 0) is 26.6 Å². The SMILES string of the molecule is CSCc1nc2ccccc2n1CC(=O)O[C@H](C)C(=O)Nc1ccc(Cl)cn1. The summed E-state index contributed by atoms with van der Waals surface area (Å²) >= 11 is 7.39. The Labute approximate surface area is 171 Å². The number of thioether (sulfide) groups is 1. The molecule has 0 aliphatic rings. The van der Waals surface area contributed by atoms with E-state index in [1.165, 1.54) is 13.1 Å². The zero-order valence-electron chi connectivity index (χ0n) is 15.4. The number of aromatic nitrogens is 3. The van der Waals surface area contributed by atoms with Crippen molar-refractivity contribution in [3.8, 4) is 0 Å². The van der Waals surface area contributed by atoms with Gasteiger partial charge in [0.15, 0.2) is 6.10 Å². The number of anilines is 1. The Morgan fingerprint density at radius 2 is 2.07 bits per heavy atom. The normalized spacial score (nSPS) is 12.0. The van der Waals surface area contributed by atoms with Crippen LogP contribution in [0, 0.1) is 0 Å². The molecule has 2 heterocycles. The number of para-hydroxylation sites is 2. The lowest BCUT2D eigenvalue weighted by molar-refractivity contribution is -0.153. The van der Waals surface area contributed by atoms with E-state index in [4.69, 9.17) is 16.3 Å². The fraction of sp³-hybridized carbons (Fsp3) is 0.263. The minimum absolute atomic E-state index is 0.0206. The van der Waals surface area contributed by atoms with E-state index in [-0.39, 0.29) is 6.54 Å². The van der Waals surface area contributed by atoms with E-state index in [9.17, 15) is 9.59 Å². The Bertz CT molecular complexity index is 991. The first kappa shape index (κ1) is 20.2. The first-order valence-corrected chi connectivity index (χ1v) is 10.3. The van der Waals surface area contributed by atoms with Crippen molar-refractivity contribution in [2.75, 3.05) is 11.6 Å². The first-order chi connectivity index (χ1) is 13.5. The number of amides is 1. The molecule has 0 radical (unpaired) electrons. The first-order valence-electron chi connectivity index (χ1n) is 8.53. The van der Waals surface area contributed by atoms with Gasteiger partial charge in [-0.3, -0.25) is 9.59 Å². The highest BCUT2D eigenvalue weighted by Gasteiger charge is 2.20. The standard InChI is InChI=1S/C19H19ClN4O3S/c1-12(19(26)23-16-8-7-13(20)9-21-16)27-18(25)10-24-15-6-4-3-5-14(15)22-17(24)11-28-2/h3-9,12H,10-11H2,1-2H3,(H,21,23,26)/t12-/m1/s1. The van der Waals surface area contributed by atoms with Crippen molar-refractivity contribution >= 4 is 52.1 Å². The number of hydrogen-bond donors (Lipinski definition) is 1. The molecule has 3 rings (SSSR count). The highest BCUT2D eigenvalue weighted by atomic mass is 35.5. The highest BCUT2D eigenvalue weighted by molar-refractivity contribution is 7.97. The van der Waals surface area contributed by atoms with Crippen LogP contribution in [0.1, 0.15) is 12.7 Å². The van der Waals surface area contributed by atoms with E-state index in [0.717, 1.165) is 16.9 Å². The third kappa shape index (κ3) is 4.82. The number of hydrogen-bond acceptors (Lipinski definition) is 6. The van der Waals surface area contributed by atoms with Crippen molar-refractivity contribution in [1.82, 2.24) is 14.5 Å². The fourth-order valence-corrected chi connectivity index (χ4v) is 3.23. The molecular weight excluding hydrogens is 400 g/mol. The van der Waals surface area contributed by atoms with Gasteiger partial charge in [-0.05, 0) is 37.4 Å². The molecule has 0 bridgehead atoms. The number of carbonyl (C=O) groups is 2. The molecule has 0 saturated heterocycles. The van der Waals surface area contributed by atoms with E-state index in [1.54, 1.807) is 23.9 Å². The number of benzene rings is 1. The number of halogens is 1. The van der Waals surface area contributed by atoms with Gasteiger partial charge in [-0.1, -0.05) is 23.7 Å². The van der Waals surface area contributed by atoms with E-state index in [0.29, 0.717) is 16.6 Å². The number of rotatable bonds is 7. The summed E-state index contributed by atoms with van der Waals surface area (Å²) in [5.41, 5.74) is 1.67. The van der Waals surface area contributed by atoms with Crippen LogP contribution in [0.2, 0.25) is 5.02 Å². The van der Waals surface area contributed by atoms with Gasteiger partial charge in [0.25, 0.3) is 5.91 Å². The predicted octanol–water partition coefficient (Wildman–Crippen LogP) is 3.52. The number of imidazole rings is 1. The Morgan fingerprint density at radius 1 is 1.29 bits per heavy atom. The van der Waals surface area contributed by atoms with Crippen LogP contribution in [-0.4, -0.2) is 38.8 Å². The summed E-state index contributed by atoms with van der Waals surface area (Å²) in [4.78, 5) is 33.2. The average molecular weight is 419 g/mol. The second kappa shape index (κ2) is 9.07. The Morgan fingerprint density at radius 3 is 2.79 bits per heavy atom. The lowest BCUT2D eigenvalue weighted by Crippen LogP contribution is -2.31. The topological polar surface area (TPSA) is 86.1 Å². The zero-order chi connectivity index (χ0) is 20.1. The monoisotopic (exact) mass is 418 g/mol. The summed E-state index contributed by atoms with van der Waals surface area (Å²) in [6.45, 7) is 1.49. The van der Waals surface area contributed by atoms with Crippen LogP contribution in [0.15, 0.2) is 42.6 Å². The predicted molar refractivity (Wildman–Crippen MR) is 110 cm³/mol. The maximum Gasteiger partial charge on any atom is 0.326 e. The van der Waals surface area contributed by atoms with Gasteiger partial charge in [0, 0.05) is 6.20 Å². The van der Waals surface area contributed by atoms with Crippen molar-refractivity contribution in [2.24, 2.45) is 0 Å². The largest absolute Gasteiger partial charge is 0.451 e. The average Bonchev–Trinajstić information content (AvgIpc) is 3.01. The van der Waals surface area contributed by atoms with Crippen molar-refractivity contribution in [1.29, 1.82) is 0 Å². The van der Waals surface area contributed by atoms with Crippen LogP contribution in [0.25, 0.3) is 11.0 Å². The fourth-order valence-electron chi connectivity index (χ4n) is 2.64. The summed E-state index contributed by atoms with van der Waals surface area (Å²) in [5.74, 6) is 0.800. The molecule has 0 spiro atoms. The highest BCUT2D eigenvalue weighted by Crippen LogP contribution is 2.19. The molecule has 0 aliphatic carbocycles. The van der Waals surface area contributed by atoms with Gasteiger partial charge in [0.2, 0.25) is 0 Å². The summed E-state index contributed by atoms with van der Waals surface area (Å²) in [7, 11) is 0. The Kier molecular flexibility index (Phi) is 6.53. The summed E-state index contributed by atoms with van der Waals surface area (Å²) in [6, 6.07) is 10.8. The molecule has 7 nitrogen and oxygen atoms in total. The molecule has 1 amide bonds. The van der Waals surface area contributed by atoms with E-state index in [1.807, 2.05) is 35.1 Å². The minimum Gasteiger partial charge on any atom is -0.451 e. The van der Waals surface area contributed by atoms with Gasteiger partial charge < -0.3 is 14.6 Å². The smallest absolute Gasteiger partial charge is 0.326 e. The second-order valence-electron chi connectivity index (χ2n) is 6.02. The molecule has 0 saturated carbocycles. The molecule has 0 unspecified atom stereocenters. The molecule has 28 heavy (non-hydrogen) atoms. The maximum absolute atomic E-state index is 12.4. The molecule has 3 aromatic rings. The molecule has 9 heteroatoms. The van der Waals surface area contributed by atoms with Gasteiger partial charge >= 0.3 is 5.97 Å². The number of nitrogens with one attached hydrogen (secondary N) is 1. The second-order valence-corrected chi connectivity index (χ2v) is 7.32. The van der Waals surface area contributed by atoms with Crippen LogP contribution in [0.5, 0.6) is 0 Å². The summed E-state index contributed by atoms with van der Waals surface area (Å²) in [6.07, 6.45) is 2.42. The number of carbonyl (C=O) groups excluding carboxylic acids is 2. The molecular formula is C19H19ClN4O3S. The van der Waals surface area contributed by atoms with Crippen LogP contribution < -0.4 is 5.32 Å². The zero-order valence-corrected chi connectivity index (χ0v) is 17.0. The minimum atomic E-state index is -0.969.